The molecule has 2 aromatic rings. The summed E-state index contributed by atoms with van der Waals surface area (Å²) in [7, 11) is 2.16. The van der Waals surface area contributed by atoms with Crippen LogP contribution in [0.5, 0.6) is 5.75 Å². The summed E-state index contributed by atoms with van der Waals surface area (Å²) in [5, 5.41) is 6.93. The lowest BCUT2D eigenvalue weighted by Gasteiger charge is -2.32. The molecule has 1 aromatic heterocycles. The van der Waals surface area contributed by atoms with Crippen LogP contribution in [0.2, 0.25) is 0 Å². The highest BCUT2D eigenvalue weighted by molar-refractivity contribution is 5.94. The Balaban J connectivity index is 1.43. The van der Waals surface area contributed by atoms with E-state index in [1.54, 1.807) is 12.1 Å². The molecule has 152 valence electrons. The number of carbonyl (C=O) groups excluding carboxylic acids is 1. The minimum Gasteiger partial charge on any atom is -0.489 e. The molecular weight excluding hydrogens is 356 g/mol. The fraction of sp³-hybridized carbons (Fsp3) is 0.524. The molecule has 1 N–H and O–H groups in total. The van der Waals surface area contributed by atoms with E-state index in [-0.39, 0.29) is 5.91 Å². The third kappa shape index (κ3) is 5.56. The number of likely N-dealkylation sites (N-methyl/N-ethyl adjacent to an activating group) is 1. The molecule has 0 spiro atoms. The van der Waals surface area contributed by atoms with Crippen molar-refractivity contribution < 1.29 is 14.1 Å². The second-order valence-corrected chi connectivity index (χ2v) is 7.37. The number of aromatic nitrogens is 1. The van der Waals surface area contributed by atoms with Gasteiger partial charge in [0.15, 0.2) is 0 Å². The van der Waals surface area contributed by atoms with Gasteiger partial charge in [-0.25, -0.2) is 0 Å². The zero-order chi connectivity index (χ0) is 19.9. The second kappa shape index (κ2) is 9.71. The molecule has 0 saturated carbocycles. The van der Waals surface area contributed by atoms with E-state index < -0.39 is 0 Å². The number of nitrogens with zero attached hydrogens (tertiary/aromatic N) is 3. The van der Waals surface area contributed by atoms with Crippen molar-refractivity contribution in [3.63, 3.8) is 0 Å². The predicted molar refractivity (Wildman–Crippen MR) is 108 cm³/mol. The van der Waals surface area contributed by atoms with Crippen LogP contribution in [0.3, 0.4) is 0 Å². The van der Waals surface area contributed by atoms with E-state index in [1.807, 2.05) is 26.0 Å². The summed E-state index contributed by atoms with van der Waals surface area (Å²) in [6.45, 7) is 10.3. The van der Waals surface area contributed by atoms with Crippen LogP contribution in [-0.2, 0) is 6.61 Å². The van der Waals surface area contributed by atoms with Crippen LogP contribution in [0.1, 0.15) is 33.8 Å². The summed E-state index contributed by atoms with van der Waals surface area (Å²) in [6, 6.07) is 7.26. The molecule has 1 saturated heterocycles. The lowest BCUT2D eigenvalue weighted by atomic mass is 10.2. The van der Waals surface area contributed by atoms with Crippen LogP contribution < -0.4 is 10.1 Å². The van der Waals surface area contributed by atoms with Crippen LogP contribution >= 0.6 is 0 Å². The van der Waals surface area contributed by atoms with Gasteiger partial charge in [0, 0.05) is 38.3 Å². The highest BCUT2D eigenvalue weighted by atomic mass is 16.5. The molecule has 2 heterocycles. The number of piperazine rings is 1. The summed E-state index contributed by atoms with van der Waals surface area (Å²) in [4.78, 5) is 17.2. The summed E-state index contributed by atoms with van der Waals surface area (Å²) in [6.07, 6.45) is 0.956. The Kier molecular flexibility index (Phi) is 7.06. The van der Waals surface area contributed by atoms with E-state index in [0.717, 1.165) is 56.2 Å². The molecule has 1 amide bonds. The van der Waals surface area contributed by atoms with E-state index in [0.29, 0.717) is 24.5 Å². The molecule has 3 rings (SSSR count). The molecular formula is C21H30N4O3. The molecule has 1 aliphatic heterocycles. The maximum absolute atomic E-state index is 12.4. The number of hydrogen-bond acceptors (Lipinski definition) is 6. The van der Waals surface area contributed by atoms with Gasteiger partial charge in [-0.15, -0.1) is 0 Å². The molecule has 0 aliphatic carbocycles. The lowest BCUT2D eigenvalue weighted by molar-refractivity contribution is 0.0949. The molecule has 0 radical (unpaired) electrons. The lowest BCUT2D eigenvalue weighted by Crippen LogP contribution is -2.45. The monoisotopic (exact) mass is 386 g/mol. The first-order chi connectivity index (χ1) is 13.5. The van der Waals surface area contributed by atoms with E-state index >= 15 is 0 Å². The average molecular weight is 386 g/mol. The Morgan fingerprint density at radius 2 is 2.04 bits per heavy atom. The predicted octanol–water partition coefficient (Wildman–Crippen LogP) is 2.24. The SMILES string of the molecule is Cc1noc(C)c1COc1cccc(C(=O)NCCCN2CCN(C)CC2)c1. The van der Waals surface area contributed by atoms with Crippen LogP contribution in [0.4, 0.5) is 0 Å². The molecule has 1 aliphatic rings. The third-order valence-electron chi connectivity index (χ3n) is 5.19. The first kappa shape index (κ1) is 20.4. The van der Waals surface area contributed by atoms with Gasteiger partial charge < -0.3 is 24.4 Å². The van der Waals surface area contributed by atoms with E-state index in [9.17, 15) is 4.79 Å². The van der Waals surface area contributed by atoms with Crippen LogP contribution in [0, 0.1) is 13.8 Å². The summed E-state index contributed by atoms with van der Waals surface area (Å²) >= 11 is 0. The number of benzene rings is 1. The second-order valence-electron chi connectivity index (χ2n) is 7.37. The first-order valence-electron chi connectivity index (χ1n) is 9.86. The molecule has 0 atom stereocenters. The Morgan fingerprint density at radius 3 is 2.75 bits per heavy atom. The largest absolute Gasteiger partial charge is 0.489 e. The molecule has 7 nitrogen and oxygen atoms in total. The maximum Gasteiger partial charge on any atom is 0.251 e. The minimum atomic E-state index is -0.0684. The van der Waals surface area contributed by atoms with Gasteiger partial charge in [0.2, 0.25) is 0 Å². The summed E-state index contributed by atoms with van der Waals surface area (Å²) in [5.41, 5.74) is 2.38. The Labute approximate surface area is 166 Å². The topological polar surface area (TPSA) is 70.8 Å². The van der Waals surface area contributed by atoms with Gasteiger partial charge in [-0.05, 0) is 52.1 Å². The quantitative estimate of drug-likeness (QED) is 0.702. The number of hydrogen-bond donors (Lipinski definition) is 1. The number of aryl methyl sites for hydroxylation is 2. The normalized spacial score (nSPS) is 15.5. The molecule has 0 bridgehead atoms. The van der Waals surface area contributed by atoms with Crippen LogP contribution in [0.25, 0.3) is 0 Å². The van der Waals surface area contributed by atoms with Gasteiger partial charge in [-0.2, -0.15) is 0 Å². The van der Waals surface area contributed by atoms with Gasteiger partial charge in [0.1, 0.15) is 18.1 Å². The van der Waals surface area contributed by atoms with Crippen molar-refractivity contribution in [3.8, 4) is 5.75 Å². The zero-order valence-electron chi connectivity index (χ0n) is 17.0. The van der Waals surface area contributed by atoms with Crippen molar-refractivity contribution in [1.29, 1.82) is 0 Å². The number of ether oxygens (including phenoxy) is 1. The fourth-order valence-electron chi connectivity index (χ4n) is 3.27. The van der Waals surface area contributed by atoms with Crippen molar-refractivity contribution in [2.24, 2.45) is 0 Å². The molecule has 1 fully saturated rings. The average Bonchev–Trinajstić information content (AvgIpc) is 3.02. The van der Waals surface area contributed by atoms with Crippen molar-refractivity contribution in [2.75, 3.05) is 46.3 Å². The number of nitrogens with one attached hydrogen (secondary N) is 1. The summed E-state index contributed by atoms with van der Waals surface area (Å²) in [5.74, 6) is 1.35. The van der Waals surface area contributed by atoms with Crippen molar-refractivity contribution in [3.05, 3.63) is 46.8 Å². The number of carbonyl (C=O) groups is 1. The molecule has 0 unspecified atom stereocenters. The summed E-state index contributed by atoms with van der Waals surface area (Å²) < 4.78 is 11.0. The molecule has 1 aromatic carbocycles. The Bertz CT molecular complexity index is 762. The molecule has 7 heteroatoms. The van der Waals surface area contributed by atoms with Crippen molar-refractivity contribution >= 4 is 5.91 Å². The van der Waals surface area contributed by atoms with Gasteiger partial charge in [-0.3, -0.25) is 4.79 Å². The smallest absolute Gasteiger partial charge is 0.251 e. The van der Waals surface area contributed by atoms with Crippen LogP contribution in [-0.4, -0.2) is 67.2 Å². The minimum absolute atomic E-state index is 0.0684. The molecule has 28 heavy (non-hydrogen) atoms. The highest BCUT2D eigenvalue weighted by Gasteiger charge is 2.14. The van der Waals surface area contributed by atoms with E-state index in [2.05, 4.69) is 27.3 Å². The first-order valence-corrected chi connectivity index (χ1v) is 9.86. The standard InChI is InChI=1S/C21H30N4O3/c1-16-20(17(2)28-23-16)15-27-19-7-4-6-18(14-19)21(26)22-8-5-9-25-12-10-24(3)11-13-25/h4,6-7,14H,5,8-13,15H2,1-3H3,(H,22,26). The highest BCUT2D eigenvalue weighted by Crippen LogP contribution is 2.18. The Hall–Kier alpha value is -2.38. The number of amides is 1. The van der Waals surface area contributed by atoms with Gasteiger partial charge in [0.05, 0.1) is 11.3 Å². The van der Waals surface area contributed by atoms with Gasteiger partial charge in [0.25, 0.3) is 5.91 Å². The maximum atomic E-state index is 12.4. The fourth-order valence-corrected chi connectivity index (χ4v) is 3.27. The Morgan fingerprint density at radius 1 is 1.25 bits per heavy atom. The van der Waals surface area contributed by atoms with E-state index in [1.165, 1.54) is 0 Å². The van der Waals surface area contributed by atoms with Crippen LogP contribution in [0.15, 0.2) is 28.8 Å². The van der Waals surface area contributed by atoms with Crippen molar-refractivity contribution in [1.82, 2.24) is 20.3 Å². The van der Waals surface area contributed by atoms with Gasteiger partial charge >= 0.3 is 0 Å². The number of rotatable bonds is 8. The van der Waals surface area contributed by atoms with Gasteiger partial charge in [-0.1, -0.05) is 11.2 Å². The van der Waals surface area contributed by atoms with E-state index in [4.69, 9.17) is 9.26 Å². The third-order valence-corrected chi connectivity index (χ3v) is 5.19. The zero-order valence-corrected chi connectivity index (χ0v) is 17.0. The van der Waals surface area contributed by atoms with Crippen molar-refractivity contribution in [2.45, 2.75) is 26.9 Å².